The molecule has 6 nitrogen and oxygen atoms in total. The van der Waals surface area contributed by atoms with Gasteiger partial charge in [0.15, 0.2) is 0 Å². The molecule has 3 atom stereocenters. The molecule has 0 aliphatic carbocycles. The lowest BCUT2D eigenvalue weighted by Gasteiger charge is -2.24. The molecule has 0 bridgehead atoms. The first-order valence-corrected chi connectivity index (χ1v) is 10.8. The van der Waals surface area contributed by atoms with Gasteiger partial charge in [0, 0.05) is 0 Å². The van der Waals surface area contributed by atoms with Crippen molar-refractivity contribution in [2.45, 2.75) is 46.4 Å². The van der Waals surface area contributed by atoms with Gasteiger partial charge >= 0.3 is 13.7 Å². The summed E-state index contributed by atoms with van der Waals surface area (Å²) in [5.41, 5.74) is 0.838. The molecule has 0 saturated carbocycles. The standard InChI is InChI=1S/C21H28NO5P/c1-16(2)18(4)26-21(23)17(3)22-28(24,27-20-13-9-6-10-14-20)25-15-19-11-7-5-8-12-19/h5-14,16-18H,15H2,1-4H3,(H,22,24)/t17-,18?,28?/m0/s1. The van der Waals surface area contributed by atoms with Gasteiger partial charge in [0.1, 0.15) is 17.9 Å². The fourth-order valence-electron chi connectivity index (χ4n) is 2.16. The van der Waals surface area contributed by atoms with E-state index in [0.29, 0.717) is 5.75 Å². The number of benzene rings is 2. The topological polar surface area (TPSA) is 73.9 Å². The van der Waals surface area contributed by atoms with Crippen LogP contribution in [0.15, 0.2) is 60.7 Å². The second kappa shape index (κ2) is 10.4. The average molecular weight is 405 g/mol. The molecule has 28 heavy (non-hydrogen) atoms. The maximum atomic E-state index is 13.3. The summed E-state index contributed by atoms with van der Waals surface area (Å²) in [6.07, 6.45) is -0.253. The third-order valence-corrected chi connectivity index (χ3v) is 5.78. The minimum atomic E-state index is -3.83. The predicted molar refractivity (Wildman–Crippen MR) is 109 cm³/mol. The molecule has 2 aromatic carbocycles. The molecule has 0 saturated heterocycles. The van der Waals surface area contributed by atoms with E-state index in [9.17, 15) is 9.36 Å². The van der Waals surface area contributed by atoms with E-state index >= 15 is 0 Å². The van der Waals surface area contributed by atoms with Gasteiger partial charge in [0.05, 0.1) is 6.61 Å². The monoisotopic (exact) mass is 405 g/mol. The van der Waals surface area contributed by atoms with Crippen molar-refractivity contribution < 1.29 is 23.1 Å². The molecule has 0 radical (unpaired) electrons. The first-order valence-electron chi connectivity index (χ1n) is 9.30. The van der Waals surface area contributed by atoms with Crippen molar-refractivity contribution in [2.24, 2.45) is 5.92 Å². The SMILES string of the molecule is CC(C)C(C)OC(=O)[C@H](C)NP(=O)(OCc1ccccc1)Oc1ccccc1. The first-order chi connectivity index (χ1) is 13.3. The lowest BCUT2D eigenvalue weighted by Crippen LogP contribution is -2.37. The maximum absolute atomic E-state index is 13.3. The molecular weight excluding hydrogens is 377 g/mol. The Kier molecular flexibility index (Phi) is 8.24. The third kappa shape index (κ3) is 7.12. The second-order valence-corrected chi connectivity index (χ2v) is 8.59. The molecule has 0 aliphatic rings. The fourth-order valence-corrected chi connectivity index (χ4v) is 3.63. The number of hydrogen-bond donors (Lipinski definition) is 1. The number of carbonyl (C=O) groups excluding carboxylic acids is 1. The van der Waals surface area contributed by atoms with Gasteiger partial charge in [0.25, 0.3) is 0 Å². The number of rotatable bonds is 10. The summed E-state index contributed by atoms with van der Waals surface area (Å²) < 4.78 is 29.9. The molecule has 152 valence electrons. The summed E-state index contributed by atoms with van der Waals surface area (Å²) in [6.45, 7) is 7.39. The Morgan fingerprint density at radius 3 is 2.11 bits per heavy atom. The summed E-state index contributed by atoms with van der Waals surface area (Å²) in [7, 11) is -3.83. The van der Waals surface area contributed by atoms with Crippen LogP contribution in [0.2, 0.25) is 0 Å². The molecule has 7 heteroatoms. The zero-order chi connectivity index (χ0) is 20.6. The lowest BCUT2D eigenvalue weighted by molar-refractivity contribution is -0.151. The van der Waals surface area contributed by atoms with Gasteiger partial charge in [-0.1, -0.05) is 62.4 Å². The molecule has 1 N–H and O–H groups in total. The molecule has 0 spiro atoms. The Bertz CT molecular complexity index is 782. The van der Waals surface area contributed by atoms with E-state index in [0.717, 1.165) is 5.56 Å². The summed E-state index contributed by atoms with van der Waals surface area (Å²) in [5, 5.41) is 2.69. The number of para-hydroxylation sites is 1. The van der Waals surface area contributed by atoms with Crippen LogP contribution in [0.3, 0.4) is 0 Å². The number of nitrogens with one attached hydrogen (secondary N) is 1. The van der Waals surface area contributed by atoms with Gasteiger partial charge < -0.3 is 9.26 Å². The zero-order valence-corrected chi connectivity index (χ0v) is 17.6. The quantitative estimate of drug-likeness (QED) is 0.445. The van der Waals surface area contributed by atoms with Crippen LogP contribution in [0.4, 0.5) is 0 Å². The molecule has 0 heterocycles. The van der Waals surface area contributed by atoms with Crippen LogP contribution in [0.25, 0.3) is 0 Å². The Morgan fingerprint density at radius 2 is 1.54 bits per heavy atom. The zero-order valence-electron chi connectivity index (χ0n) is 16.7. The first kappa shape index (κ1) is 22.2. The van der Waals surface area contributed by atoms with Gasteiger partial charge in [-0.25, -0.2) is 4.57 Å². The number of esters is 1. The van der Waals surface area contributed by atoms with Crippen molar-refractivity contribution in [1.29, 1.82) is 0 Å². The molecule has 0 amide bonds. The van der Waals surface area contributed by atoms with Crippen LogP contribution < -0.4 is 9.61 Å². The largest absolute Gasteiger partial charge is 0.461 e. The van der Waals surface area contributed by atoms with Crippen molar-refractivity contribution in [3.05, 3.63) is 66.2 Å². The normalized spacial score (nSPS) is 15.5. The van der Waals surface area contributed by atoms with Crippen molar-refractivity contribution in [1.82, 2.24) is 5.09 Å². The van der Waals surface area contributed by atoms with Crippen LogP contribution in [0.5, 0.6) is 5.75 Å². The smallest absolute Gasteiger partial charge is 0.459 e. The van der Waals surface area contributed by atoms with E-state index in [1.54, 1.807) is 31.2 Å². The summed E-state index contributed by atoms with van der Waals surface area (Å²) >= 11 is 0. The van der Waals surface area contributed by atoms with Gasteiger partial charge in [-0.05, 0) is 37.5 Å². The van der Waals surface area contributed by atoms with E-state index < -0.39 is 19.8 Å². The van der Waals surface area contributed by atoms with Crippen LogP contribution in [0, 0.1) is 5.92 Å². The van der Waals surface area contributed by atoms with Gasteiger partial charge in [0.2, 0.25) is 0 Å². The van der Waals surface area contributed by atoms with Crippen LogP contribution in [0.1, 0.15) is 33.3 Å². The molecular formula is C21H28NO5P. The highest BCUT2D eigenvalue weighted by molar-refractivity contribution is 7.52. The van der Waals surface area contributed by atoms with Crippen LogP contribution in [-0.2, 0) is 25.2 Å². The second-order valence-electron chi connectivity index (χ2n) is 6.90. The van der Waals surface area contributed by atoms with Crippen molar-refractivity contribution in [2.75, 3.05) is 0 Å². The van der Waals surface area contributed by atoms with Gasteiger partial charge in [-0.2, -0.15) is 5.09 Å². The Labute approximate surface area is 166 Å². The van der Waals surface area contributed by atoms with Crippen molar-refractivity contribution in [3.8, 4) is 5.75 Å². The highest BCUT2D eigenvalue weighted by Gasteiger charge is 2.33. The minimum Gasteiger partial charge on any atom is -0.461 e. The molecule has 0 fully saturated rings. The summed E-state index contributed by atoms with van der Waals surface area (Å²) in [4.78, 5) is 12.3. The molecule has 2 aromatic rings. The third-order valence-electron chi connectivity index (χ3n) is 4.16. The number of hydrogen-bond acceptors (Lipinski definition) is 5. The number of ether oxygens (including phenoxy) is 1. The molecule has 0 aliphatic heterocycles. The summed E-state index contributed by atoms with van der Waals surface area (Å²) in [5.74, 6) is 0.0433. The Morgan fingerprint density at radius 1 is 0.964 bits per heavy atom. The molecule has 2 rings (SSSR count). The molecule has 2 unspecified atom stereocenters. The maximum Gasteiger partial charge on any atom is 0.459 e. The highest BCUT2D eigenvalue weighted by Crippen LogP contribution is 2.45. The highest BCUT2D eigenvalue weighted by atomic mass is 31.2. The van der Waals surface area contributed by atoms with E-state index in [4.69, 9.17) is 13.8 Å². The van der Waals surface area contributed by atoms with Crippen LogP contribution in [-0.4, -0.2) is 18.1 Å². The summed E-state index contributed by atoms with van der Waals surface area (Å²) in [6, 6.07) is 17.1. The van der Waals surface area contributed by atoms with E-state index in [1.165, 1.54) is 0 Å². The minimum absolute atomic E-state index is 0.0715. The van der Waals surface area contributed by atoms with Gasteiger partial charge in [-0.3, -0.25) is 9.32 Å². The van der Waals surface area contributed by atoms with E-state index in [-0.39, 0.29) is 18.6 Å². The van der Waals surface area contributed by atoms with Gasteiger partial charge in [-0.15, -0.1) is 0 Å². The van der Waals surface area contributed by atoms with Crippen LogP contribution >= 0.6 is 7.75 Å². The fraction of sp³-hybridized carbons (Fsp3) is 0.381. The van der Waals surface area contributed by atoms with E-state index in [1.807, 2.05) is 57.2 Å². The van der Waals surface area contributed by atoms with E-state index in [2.05, 4.69) is 5.09 Å². The Hall–Kier alpha value is -2.14. The number of carbonyl (C=O) groups is 1. The lowest BCUT2D eigenvalue weighted by atomic mass is 10.1. The Balaban J connectivity index is 2.10. The molecule has 0 aromatic heterocycles. The van der Waals surface area contributed by atoms with Crippen molar-refractivity contribution >= 4 is 13.7 Å². The average Bonchev–Trinajstić information content (AvgIpc) is 2.67. The predicted octanol–water partition coefficient (Wildman–Crippen LogP) is 4.96. The van der Waals surface area contributed by atoms with Crippen molar-refractivity contribution in [3.63, 3.8) is 0 Å².